The Labute approximate surface area is 175 Å². The maximum Gasteiger partial charge on any atom is 0.254 e. The van der Waals surface area contributed by atoms with E-state index in [0.29, 0.717) is 10.7 Å². The van der Waals surface area contributed by atoms with E-state index in [1.807, 2.05) is 36.1 Å². The molecule has 29 heavy (non-hydrogen) atoms. The summed E-state index contributed by atoms with van der Waals surface area (Å²) < 4.78 is 0. The fraction of sp³-hybridized carbons (Fsp3) is 0.545. The van der Waals surface area contributed by atoms with Crippen LogP contribution in [0.3, 0.4) is 0 Å². The van der Waals surface area contributed by atoms with E-state index < -0.39 is 11.5 Å². The molecule has 7 heteroatoms. The smallest absolute Gasteiger partial charge is 0.254 e. The summed E-state index contributed by atoms with van der Waals surface area (Å²) in [5.74, 6) is -0.432. The van der Waals surface area contributed by atoms with E-state index >= 15 is 0 Å². The van der Waals surface area contributed by atoms with Crippen molar-refractivity contribution in [3.8, 4) is 0 Å². The molecule has 1 aliphatic carbocycles. The SMILES string of the molecule is CCC(C)N1C(=O)c2ccccc2C(C(=O)Nc2nnc(C)s2)C12CCCCC2. The number of rotatable bonds is 4. The molecular formula is C22H28N4O2S. The molecule has 2 atom stereocenters. The van der Waals surface area contributed by atoms with Gasteiger partial charge in [-0.25, -0.2) is 0 Å². The van der Waals surface area contributed by atoms with E-state index in [-0.39, 0.29) is 17.9 Å². The summed E-state index contributed by atoms with van der Waals surface area (Å²) in [6.07, 6.45) is 5.78. The van der Waals surface area contributed by atoms with Gasteiger partial charge in [0.15, 0.2) is 0 Å². The van der Waals surface area contributed by atoms with Gasteiger partial charge in [0.1, 0.15) is 5.01 Å². The quantitative estimate of drug-likeness (QED) is 0.801. The molecule has 4 rings (SSSR count). The molecule has 1 aromatic heterocycles. The fourth-order valence-electron chi connectivity index (χ4n) is 5.13. The van der Waals surface area contributed by atoms with E-state index in [0.717, 1.165) is 49.1 Å². The summed E-state index contributed by atoms with van der Waals surface area (Å²) >= 11 is 1.37. The molecule has 1 spiro atoms. The lowest BCUT2D eigenvalue weighted by Gasteiger charge is -2.55. The van der Waals surface area contributed by atoms with Crippen LogP contribution in [-0.4, -0.2) is 38.5 Å². The first-order valence-corrected chi connectivity index (χ1v) is 11.3. The number of nitrogens with one attached hydrogen (secondary N) is 1. The van der Waals surface area contributed by atoms with Crippen molar-refractivity contribution in [2.75, 3.05) is 5.32 Å². The van der Waals surface area contributed by atoms with E-state index in [2.05, 4.69) is 29.4 Å². The third-order valence-electron chi connectivity index (χ3n) is 6.51. The van der Waals surface area contributed by atoms with Gasteiger partial charge in [-0.2, -0.15) is 0 Å². The van der Waals surface area contributed by atoms with Gasteiger partial charge < -0.3 is 4.90 Å². The number of carbonyl (C=O) groups is 2. The van der Waals surface area contributed by atoms with Gasteiger partial charge in [-0.1, -0.05) is 55.7 Å². The van der Waals surface area contributed by atoms with Gasteiger partial charge in [0.25, 0.3) is 5.91 Å². The minimum atomic E-state index is -0.483. The fourth-order valence-corrected chi connectivity index (χ4v) is 5.72. The number of benzene rings is 1. The van der Waals surface area contributed by atoms with Crippen molar-refractivity contribution in [1.82, 2.24) is 15.1 Å². The number of aromatic nitrogens is 2. The maximum atomic E-state index is 13.7. The zero-order chi connectivity index (χ0) is 20.6. The normalized spacial score (nSPS) is 21.7. The Bertz CT molecular complexity index is 919. The largest absolute Gasteiger partial charge is 0.329 e. The molecule has 2 unspecified atom stereocenters. The Morgan fingerprint density at radius 1 is 1.28 bits per heavy atom. The van der Waals surface area contributed by atoms with Crippen molar-refractivity contribution in [2.24, 2.45) is 0 Å². The average Bonchev–Trinajstić information content (AvgIpc) is 3.13. The van der Waals surface area contributed by atoms with Crippen LogP contribution in [0.4, 0.5) is 5.13 Å². The number of amides is 2. The van der Waals surface area contributed by atoms with Gasteiger partial charge in [0.2, 0.25) is 11.0 Å². The molecule has 0 saturated heterocycles. The van der Waals surface area contributed by atoms with Gasteiger partial charge in [-0.3, -0.25) is 14.9 Å². The Kier molecular flexibility index (Phi) is 5.42. The maximum absolute atomic E-state index is 13.7. The number of anilines is 1. The second-order valence-corrected chi connectivity index (χ2v) is 9.41. The van der Waals surface area contributed by atoms with Crippen LogP contribution in [0.5, 0.6) is 0 Å². The van der Waals surface area contributed by atoms with Gasteiger partial charge in [0.05, 0.1) is 11.5 Å². The molecule has 0 radical (unpaired) electrons. The molecule has 2 heterocycles. The van der Waals surface area contributed by atoms with Crippen LogP contribution in [0.15, 0.2) is 24.3 Å². The molecular weight excluding hydrogens is 384 g/mol. The molecule has 1 N–H and O–H groups in total. The first kappa shape index (κ1) is 20.0. The highest BCUT2D eigenvalue weighted by Crippen LogP contribution is 2.50. The Hall–Kier alpha value is -2.28. The van der Waals surface area contributed by atoms with Crippen molar-refractivity contribution >= 4 is 28.3 Å². The van der Waals surface area contributed by atoms with Crippen molar-refractivity contribution < 1.29 is 9.59 Å². The second-order valence-electron chi connectivity index (χ2n) is 8.23. The van der Waals surface area contributed by atoms with Crippen molar-refractivity contribution in [1.29, 1.82) is 0 Å². The molecule has 2 amide bonds. The summed E-state index contributed by atoms with van der Waals surface area (Å²) in [4.78, 5) is 29.3. The Morgan fingerprint density at radius 3 is 2.66 bits per heavy atom. The third kappa shape index (κ3) is 3.35. The molecule has 1 aromatic carbocycles. The highest BCUT2D eigenvalue weighted by molar-refractivity contribution is 7.15. The summed E-state index contributed by atoms with van der Waals surface area (Å²) in [5, 5.41) is 12.4. The molecule has 1 fully saturated rings. The highest BCUT2D eigenvalue weighted by Gasteiger charge is 2.55. The molecule has 154 valence electrons. The van der Waals surface area contributed by atoms with Crippen LogP contribution in [-0.2, 0) is 4.79 Å². The Morgan fingerprint density at radius 2 is 2.00 bits per heavy atom. The first-order valence-electron chi connectivity index (χ1n) is 10.5. The van der Waals surface area contributed by atoms with Gasteiger partial charge in [0, 0.05) is 11.6 Å². The number of aryl methyl sites for hydroxylation is 1. The topological polar surface area (TPSA) is 75.2 Å². The minimum absolute atomic E-state index is 0.0626. The summed E-state index contributed by atoms with van der Waals surface area (Å²) in [6.45, 7) is 6.08. The van der Waals surface area contributed by atoms with Gasteiger partial charge in [-0.15, -0.1) is 10.2 Å². The number of hydrogen-bond acceptors (Lipinski definition) is 5. The number of fused-ring (bicyclic) bond motifs is 1. The first-order chi connectivity index (χ1) is 14.0. The lowest BCUT2D eigenvalue weighted by molar-refractivity contribution is -0.122. The van der Waals surface area contributed by atoms with Crippen LogP contribution >= 0.6 is 11.3 Å². The van der Waals surface area contributed by atoms with Crippen LogP contribution in [0.1, 0.15) is 79.2 Å². The van der Waals surface area contributed by atoms with Crippen LogP contribution in [0.25, 0.3) is 0 Å². The van der Waals surface area contributed by atoms with E-state index in [9.17, 15) is 9.59 Å². The molecule has 2 aliphatic rings. The summed E-state index contributed by atoms with van der Waals surface area (Å²) in [5.41, 5.74) is 1.01. The molecule has 1 saturated carbocycles. The number of carbonyl (C=O) groups excluding carboxylic acids is 2. The molecule has 6 nitrogen and oxygen atoms in total. The lowest BCUT2D eigenvalue weighted by atomic mass is 9.64. The van der Waals surface area contributed by atoms with E-state index in [1.54, 1.807) is 0 Å². The van der Waals surface area contributed by atoms with E-state index in [1.165, 1.54) is 11.3 Å². The van der Waals surface area contributed by atoms with E-state index in [4.69, 9.17) is 0 Å². The Balaban J connectivity index is 1.85. The predicted molar refractivity (Wildman–Crippen MR) is 114 cm³/mol. The lowest BCUT2D eigenvalue weighted by Crippen LogP contribution is -2.64. The molecule has 2 aromatic rings. The zero-order valence-electron chi connectivity index (χ0n) is 17.3. The average molecular weight is 413 g/mol. The number of nitrogens with zero attached hydrogens (tertiary/aromatic N) is 3. The molecule has 0 bridgehead atoms. The van der Waals surface area contributed by atoms with Crippen LogP contribution in [0.2, 0.25) is 0 Å². The second kappa shape index (κ2) is 7.86. The van der Waals surface area contributed by atoms with Gasteiger partial charge >= 0.3 is 0 Å². The minimum Gasteiger partial charge on any atom is -0.329 e. The third-order valence-corrected chi connectivity index (χ3v) is 7.26. The standard InChI is InChI=1S/C22H28N4O2S/c1-4-14(2)26-20(28)17-11-7-6-10-16(17)18(22(26)12-8-5-9-13-22)19(27)23-21-25-24-15(3)29-21/h6-7,10-11,14,18H,4-5,8-9,12-13H2,1-3H3,(H,23,25,27). The summed E-state index contributed by atoms with van der Waals surface area (Å²) in [7, 11) is 0. The molecule has 1 aliphatic heterocycles. The van der Waals surface area contributed by atoms with Crippen molar-refractivity contribution in [3.05, 3.63) is 40.4 Å². The van der Waals surface area contributed by atoms with Gasteiger partial charge in [-0.05, 0) is 44.7 Å². The predicted octanol–water partition coefficient (Wildman–Crippen LogP) is 4.53. The van der Waals surface area contributed by atoms with Crippen molar-refractivity contribution in [2.45, 2.75) is 76.8 Å². The zero-order valence-corrected chi connectivity index (χ0v) is 18.1. The monoisotopic (exact) mass is 412 g/mol. The summed E-state index contributed by atoms with van der Waals surface area (Å²) in [6, 6.07) is 7.70. The van der Waals surface area contributed by atoms with Crippen LogP contribution in [0, 0.1) is 6.92 Å². The van der Waals surface area contributed by atoms with Crippen LogP contribution < -0.4 is 5.32 Å². The van der Waals surface area contributed by atoms with Crippen molar-refractivity contribution in [3.63, 3.8) is 0 Å². The highest BCUT2D eigenvalue weighted by atomic mass is 32.1. The number of hydrogen-bond donors (Lipinski definition) is 1.